The van der Waals surface area contributed by atoms with Gasteiger partial charge in [-0.25, -0.2) is 0 Å². The SMILES string of the molecule is CCNC1CCC(C(C)(C)C)CC1Sc1cnn(C)c1. The van der Waals surface area contributed by atoms with Gasteiger partial charge in [-0.15, -0.1) is 11.8 Å². The molecule has 1 N–H and O–H groups in total. The topological polar surface area (TPSA) is 29.9 Å². The molecule has 3 atom stereocenters. The van der Waals surface area contributed by atoms with E-state index in [-0.39, 0.29) is 0 Å². The third kappa shape index (κ3) is 4.01. The Morgan fingerprint density at radius 2 is 2.15 bits per heavy atom. The van der Waals surface area contributed by atoms with Crippen molar-refractivity contribution in [3.63, 3.8) is 0 Å². The smallest absolute Gasteiger partial charge is 0.0625 e. The molecule has 3 unspecified atom stereocenters. The summed E-state index contributed by atoms with van der Waals surface area (Å²) in [6.45, 7) is 10.4. The highest BCUT2D eigenvalue weighted by molar-refractivity contribution is 8.00. The van der Waals surface area contributed by atoms with Crippen LogP contribution in [-0.4, -0.2) is 27.6 Å². The fourth-order valence-electron chi connectivity index (χ4n) is 3.18. The van der Waals surface area contributed by atoms with E-state index in [1.807, 2.05) is 29.7 Å². The van der Waals surface area contributed by atoms with Crippen molar-refractivity contribution in [2.45, 2.75) is 63.1 Å². The van der Waals surface area contributed by atoms with E-state index >= 15 is 0 Å². The van der Waals surface area contributed by atoms with E-state index in [1.165, 1.54) is 24.2 Å². The number of nitrogens with one attached hydrogen (secondary N) is 1. The molecule has 0 bridgehead atoms. The Balaban J connectivity index is 2.06. The van der Waals surface area contributed by atoms with Crippen molar-refractivity contribution in [2.75, 3.05) is 6.54 Å². The van der Waals surface area contributed by atoms with E-state index in [9.17, 15) is 0 Å². The van der Waals surface area contributed by atoms with E-state index in [1.54, 1.807) is 0 Å². The molecule has 0 amide bonds. The Bertz CT molecular complexity index is 422. The lowest BCUT2D eigenvalue weighted by atomic mass is 9.71. The van der Waals surface area contributed by atoms with Crippen LogP contribution in [0.5, 0.6) is 0 Å². The summed E-state index contributed by atoms with van der Waals surface area (Å²) < 4.78 is 1.90. The van der Waals surface area contributed by atoms with E-state index in [4.69, 9.17) is 0 Å². The summed E-state index contributed by atoms with van der Waals surface area (Å²) in [5, 5.41) is 8.65. The predicted molar refractivity (Wildman–Crippen MR) is 87.1 cm³/mol. The van der Waals surface area contributed by atoms with Gasteiger partial charge in [-0.05, 0) is 37.1 Å². The van der Waals surface area contributed by atoms with Crippen molar-refractivity contribution in [3.05, 3.63) is 12.4 Å². The monoisotopic (exact) mass is 295 g/mol. The maximum atomic E-state index is 4.30. The van der Waals surface area contributed by atoms with Gasteiger partial charge >= 0.3 is 0 Å². The van der Waals surface area contributed by atoms with Crippen molar-refractivity contribution in [3.8, 4) is 0 Å². The van der Waals surface area contributed by atoms with E-state index in [0.717, 1.165) is 12.5 Å². The van der Waals surface area contributed by atoms with Gasteiger partial charge in [-0.1, -0.05) is 27.7 Å². The second-order valence-electron chi connectivity index (χ2n) is 7.05. The maximum Gasteiger partial charge on any atom is 0.0625 e. The van der Waals surface area contributed by atoms with E-state index < -0.39 is 0 Å². The molecule has 0 aliphatic heterocycles. The van der Waals surface area contributed by atoms with Crippen LogP contribution in [0.25, 0.3) is 0 Å². The van der Waals surface area contributed by atoms with Crippen LogP contribution in [0.1, 0.15) is 47.0 Å². The lowest BCUT2D eigenvalue weighted by Crippen LogP contribution is -2.44. The van der Waals surface area contributed by atoms with Crippen molar-refractivity contribution in [1.29, 1.82) is 0 Å². The van der Waals surface area contributed by atoms with Gasteiger partial charge in [-0.3, -0.25) is 4.68 Å². The first-order chi connectivity index (χ1) is 9.40. The highest BCUT2D eigenvalue weighted by Gasteiger charge is 2.36. The number of hydrogen-bond donors (Lipinski definition) is 1. The van der Waals surface area contributed by atoms with Crippen molar-refractivity contribution >= 4 is 11.8 Å². The number of aryl methyl sites for hydroxylation is 1. The highest BCUT2D eigenvalue weighted by Crippen LogP contribution is 2.43. The molecule has 0 saturated heterocycles. The largest absolute Gasteiger partial charge is 0.313 e. The summed E-state index contributed by atoms with van der Waals surface area (Å²) in [4.78, 5) is 1.30. The Morgan fingerprint density at radius 3 is 2.70 bits per heavy atom. The molecule has 1 aliphatic carbocycles. The Morgan fingerprint density at radius 1 is 1.40 bits per heavy atom. The second kappa shape index (κ2) is 6.52. The highest BCUT2D eigenvalue weighted by atomic mass is 32.2. The second-order valence-corrected chi connectivity index (χ2v) is 8.36. The lowest BCUT2D eigenvalue weighted by Gasteiger charge is -2.41. The first-order valence-electron chi connectivity index (χ1n) is 7.79. The first kappa shape index (κ1) is 15.9. The average Bonchev–Trinajstić information content (AvgIpc) is 2.76. The summed E-state index contributed by atoms with van der Waals surface area (Å²) in [5.41, 5.74) is 0.422. The third-order valence-electron chi connectivity index (χ3n) is 4.45. The molecule has 0 spiro atoms. The molecule has 1 fully saturated rings. The standard InChI is InChI=1S/C16H29N3S/c1-6-17-14-8-7-12(16(2,3)4)9-15(14)20-13-10-18-19(5)11-13/h10-12,14-15,17H,6-9H2,1-5H3. The van der Waals surface area contributed by atoms with Crippen LogP contribution in [0.4, 0.5) is 0 Å². The van der Waals surface area contributed by atoms with Gasteiger partial charge in [0, 0.05) is 29.4 Å². The number of thioether (sulfide) groups is 1. The third-order valence-corrected chi connectivity index (χ3v) is 5.76. The normalized spacial score (nSPS) is 27.8. The molecule has 1 aromatic rings. The molecule has 20 heavy (non-hydrogen) atoms. The number of rotatable bonds is 4. The molecule has 1 aromatic heterocycles. The zero-order valence-electron chi connectivity index (χ0n) is 13.5. The summed E-state index contributed by atoms with van der Waals surface area (Å²) >= 11 is 2.01. The van der Waals surface area contributed by atoms with Gasteiger partial charge in [0.25, 0.3) is 0 Å². The van der Waals surface area contributed by atoms with Gasteiger partial charge < -0.3 is 5.32 Å². The maximum absolute atomic E-state index is 4.30. The lowest BCUT2D eigenvalue weighted by molar-refractivity contribution is 0.165. The van der Waals surface area contributed by atoms with Crippen LogP contribution in [0.3, 0.4) is 0 Å². The minimum absolute atomic E-state index is 0.422. The minimum atomic E-state index is 0.422. The van der Waals surface area contributed by atoms with Crippen molar-refractivity contribution in [1.82, 2.24) is 15.1 Å². The molecule has 1 aliphatic rings. The van der Waals surface area contributed by atoms with Gasteiger partial charge in [0.2, 0.25) is 0 Å². The first-order valence-corrected chi connectivity index (χ1v) is 8.66. The molecule has 1 saturated carbocycles. The summed E-state index contributed by atoms with van der Waals surface area (Å²) in [7, 11) is 1.99. The molecule has 1 heterocycles. The summed E-state index contributed by atoms with van der Waals surface area (Å²) in [6, 6.07) is 0.642. The van der Waals surface area contributed by atoms with E-state index in [0.29, 0.717) is 16.7 Å². The number of nitrogens with zero attached hydrogens (tertiary/aromatic N) is 2. The van der Waals surface area contributed by atoms with Crippen LogP contribution in [-0.2, 0) is 7.05 Å². The minimum Gasteiger partial charge on any atom is -0.313 e. The zero-order valence-corrected chi connectivity index (χ0v) is 14.3. The van der Waals surface area contributed by atoms with Gasteiger partial charge in [0.15, 0.2) is 0 Å². The van der Waals surface area contributed by atoms with Crippen molar-refractivity contribution < 1.29 is 0 Å². The van der Waals surface area contributed by atoms with Crippen LogP contribution >= 0.6 is 11.8 Å². The van der Waals surface area contributed by atoms with Gasteiger partial charge in [0.1, 0.15) is 0 Å². The Labute approximate surface area is 127 Å². The average molecular weight is 295 g/mol. The number of aromatic nitrogens is 2. The Hall–Kier alpha value is -0.480. The molecule has 3 nitrogen and oxygen atoms in total. The Kier molecular flexibility index (Phi) is 5.19. The number of hydrogen-bond acceptors (Lipinski definition) is 3. The molecular weight excluding hydrogens is 266 g/mol. The van der Waals surface area contributed by atoms with Gasteiger partial charge in [0.05, 0.1) is 6.20 Å². The molecular formula is C16H29N3S. The molecule has 114 valence electrons. The molecule has 0 aromatic carbocycles. The van der Waals surface area contributed by atoms with E-state index in [2.05, 4.69) is 44.3 Å². The fourth-order valence-corrected chi connectivity index (χ4v) is 4.57. The van der Waals surface area contributed by atoms with Gasteiger partial charge in [-0.2, -0.15) is 5.10 Å². The van der Waals surface area contributed by atoms with Crippen LogP contribution in [0, 0.1) is 11.3 Å². The molecule has 0 radical (unpaired) electrons. The summed E-state index contributed by atoms with van der Waals surface area (Å²) in [5.74, 6) is 0.826. The quantitative estimate of drug-likeness (QED) is 0.918. The van der Waals surface area contributed by atoms with Crippen LogP contribution in [0.2, 0.25) is 0 Å². The molecule has 4 heteroatoms. The summed E-state index contributed by atoms with van der Waals surface area (Å²) in [6.07, 6.45) is 8.09. The van der Waals surface area contributed by atoms with Crippen molar-refractivity contribution in [2.24, 2.45) is 18.4 Å². The predicted octanol–water partition coefficient (Wildman–Crippen LogP) is 3.71. The van der Waals surface area contributed by atoms with Crippen LogP contribution in [0.15, 0.2) is 17.3 Å². The molecule has 2 rings (SSSR count). The fraction of sp³-hybridized carbons (Fsp3) is 0.812. The zero-order chi connectivity index (χ0) is 14.8. The van der Waals surface area contributed by atoms with Crippen LogP contribution < -0.4 is 5.32 Å².